The number of fused-ring (bicyclic) bond motifs is 1. The minimum atomic E-state index is 0.532. The highest BCUT2D eigenvalue weighted by Gasteiger charge is 2.19. The van der Waals surface area contributed by atoms with E-state index in [1.165, 1.54) is 16.8 Å². The Labute approximate surface area is 121 Å². The Balaban J connectivity index is 1.69. The molecule has 1 aliphatic heterocycles. The van der Waals surface area contributed by atoms with Crippen LogP contribution < -0.4 is 10.2 Å². The molecule has 1 aliphatic rings. The first kappa shape index (κ1) is 13.2. The molecule has 1 unspecified atom stereocenters. The summed E-state index contributed by atoms with van der Waals surface area (Å²) in [7, 11) is 0. The monoisotopic (exact) mass is 266 g/mol. The number of nitrogens with zero attached hydrogens (tertiary/aromatic N) is 1. The van der Waals surface area contributed by atoms with Gasteiger partial charge < -0.3 is 10.2 Å². The van der Waals surface area contributed by atoms with Gasteiger partial charge in [0.05, 0.1) is 0 Å². The Morgan fingerprint density at radius 2 is 1.70 bits per heavy atom. The van der Waals surface area contributed by atoms with Gasteiger partial charge in [-0.05, 0) is 36.6 Å². The van der Waals surface area contributed by atoms with Crippen LogP contribution in [0.15, 0.2) is 54.6 Å². The average Bonchev–Trinajstić information content (AvgIpc) is 2.53. The van der Waals surface area contributed by atoms with E-state index in [-0.39, 0.29) is 0 Å². The molecule has 1 atom stereocenters. The van der Waals surface area contributed by atoms with Crippen LogP contribution >= 0.6 is 0 Å². The molecule has 0 spiro atoms. The average molecular weight is 266 g/mol. The SMILES string of the molecule is CCN(CC1Cc2ccccc2CN1)c1ccccc1. The van der Waals surface area contributed by atoms with Crippen molar-refractivity contribution >= 4 is 5.69 Å². The lowest BCUT2D eigenvalue weighted by Gasteiger charge is -2.32. The summed E-state index contributed by atoms with van der Waals surface area (Å²) in [5.74, 6) is 0. The summed E-state index contributed by atoms with van der Waals surface area (Å²) in [6.07, 6.45) is 1.12. The van der Waals surface area contributed by atoms with Gasteiger partial charge in [-0.1, -0.05) is 42.5 Å². The molecule has 3 rings (SSSR count). The van der Waals surface area contributed by atoms with Crippen molar-refractivity contribution in [3.8, 4) is 0 Å². The summed E-state index contributed by atoms with van der Waals surface area (Å²) in [5.41, 5.74) is 4.27. The smallest absolute Gasteiger partial charge is 0.0366 e. The van der Waals surface area contributed by atoms with Crippen molar-refractivity contribution < 1.29 is 0 Å². The van der Waals surface area contributed by atoms with Crippen LogP contribution in [0.25, 0.3) is 0 Å². The maximum absolute atomic E-state index is 3.67. The summed E-state index contributed by atoms with van der Waals surface area (Å²) in [6, 6.07) is 20.0. The summed E-state index contributed by atoms with van der Waals surface area (Å²) in [5, 5.41) is 3.67. The number of rotatable bonds is 4. The largest absolute Gasteiger partial charge is 0.370 e. The van der Waals surface area contributed by atoms with Gasteiger partial charge in [0, 0.05) is 31.4 Å². The molecule has 0 bridgehead atoms. The van der Waals surface area contributed by atoms with E-state index in [4.69, 9.17) is 0 Å². The van der Waals surface area contributed by atoms with Crippen molar-refractivity contribution in [1.82, 2.24) is 5.32 Å². The summed E-state index contributed by atoms with van der Waals surface area (Å²) < 4.78 is 0. The van der Waals surface area contributed by atoms with Gasteiger partial charge >= 0.3 is 0 Å². The predicted molar refractivity (Wildman–Crippen MR) is 85.1 cm³/mol. The standard InChI is InChI=1S/C18H22N2/c1-2-20(18-10-4-3-5-11-18)14-17-12-15-8-6-7-9-16(15)13-19-17/h3-11,17,19H,2,12-14H2,1H3. The van der Waals surface area contributed by atoms with E-state index in [1.54, 1.807) is 0 Å². The van der Waals surface area contributed by atoms with Gasteiger partial charge in [0.2, 0.25) is 0 Å². The normalized spacial score (nSPS) is 17.6. The third-order valence-corrected chi connectivity index (χ3v) is 4.11. The first-order valence-electron chi connectivity index (χ1n) is 7.47. The van der Waals surface area contributed by atoms with Gasteiger partial charge in [0.1, 0.15) is 0 Å². The molecule has 1 N–H and O–H groups in total. The fraction of sp³-hybridized carbons (Fsp3) is 0.333. The second-order valence-corrected chi connectivity index (χ2v) is 5.42. The van der Waals surface area contributed by atoms with Crippen molar-refractivity contribution in [2.24, 2.45) is 0 Å². The molecule has 0 saturated carbocycles. The molecule has 2 heteroatoms. The van der Waals surface area contributed by atoms with Crippen molar-refractivity contribution in [2.75, 3.05) is 18.0 Å². The lowest BCUT2D eigenvalue weighted by Crippen LogP contribution is -2.44. The van der Waals surface area contributed by atoms with Gasteiger partial charge in [-0.3, -0.25) is 0 Å². The first-order valence-corrected chi connectivity index (χ1v) is 7.47. The zero-order valence-corrected chi connectivity index (χ0v) is 12.0. The Morgan fingerprint density at radius 1 is 1.00 bits per heavy atom. The van der Waals surface area contributed by atoms with Crippen LogP contribution in [0.5, 0.6) is 0 Å². The van der Waals surface area contributed by atoms with E-state index < -0.39 is 0 Å². The van der Waals surface area contributed by atoms with Crippen LogP contribution in [-0.2, 0) is 13.0 Å². The molecule has 0 saturated heterocycles. The van der Waals surface area contributed by atoms with E-state index in [9.17, 15) is 0 Å². The van der Waals surface area contributed by atoms with Crippen LogP contribution in [0, 0.1) is 0 Å². The lowest BCUT2D eigenvalue weighted by atomic mass is 9.95. The zero-order chi connectivity index (χ0) is 13.8. The number of para-hydroxylation sites is 1. The molecule has 0 radical (unpaired) electrons. The second kappa shape index (κ2) is 6.10. The molecule has 20 heavy (non-hydrogen) atoms. The molecule has 2 nitrogen and oxygen atoms in total. The van der Waals surface area contributed by atoms with E-state index >= 15 is 0 Å². The number of anilines is 1. The number of hydrogen-bond donors (Lipinski definition) is 1. The molecule has 0 amide bonds. The second-order valence-electron chi connectivity index (χ2n) is 5.42. The quantitative estimate of drug-likeness (QED) is 0.914. The third kappa shape index (κ3) is 2.86. The number of hydrogen-bond acceptors (Lipinski definition) is 2. The number of likely N-dealkylation sites (N-methyl/N-ethyl adjacent to an activating group) is 1. The molecule has 2 aromatic carbocycles. The van der Waals surface area contributed by atoms with E-state index in [0.29, 0.717) is 6.04 Å². The molecule has 104 valence electrons. The molecular weight excluding hydrogens is 244 g/mol. The minimum absolute atomic E-state index is 0.532. The zero-order valence-electron chi connectivity index (χ0n) is 12.0. The highest BCUT2D eigenvalue weighted by Crippen LogP contribution is 2.19. The topological polar surface area (TPSA) is 15.3 Å². The van der Waals surface area contributed by atoms with E-state index in [2.05, 4.69) is 71.7 Å². The first-order chi connectivity index (χ1) is 9.86. The Bertz CT molecular complexity index is 550. The van der Waals surface area contributed by atoms with Crippen LogP contribution in [0.3, 0.4) is 0 Å². The maximum atomic E-state index is 3.67. The molecular formula is C18H22N2. The lowest BCUT2D eigenvalue weighted by molar-refractivity contribution is 0.474. The highest BCUT2D eigenvalue weighted by atomic mass is 15.2. The minimum Gasteiger partial charge on any atom is -0.370 e. The molecule has 0 fully saturated rings. The van der Waals surface area contributed by atoms with Crippen molar-refractivity contribution in [2.45, 2.75) is 25.9 Å². The van der Waals surface area contributed by atoms with Crippen LogP contribution in [0.4, 0.5) is 5.69 Å². The van der Waals surface area contributed by atoms with Gasteiger partial charge in [-0.2, -0.15) is 0 Å². The fourth-order valence-corrected chi connectivity index (χ4v) is 2.97. The van der Waals surface area contributed by atoms with Crippen molar-refractivity contribution in [1.29, 1.82) is 0 Å². The van der Waals surface area contributed by atoms with E-state index in [1.807, 2.05) is 0 Å². The highest BCUT2D eigenvalue weighted by molar-refractivity contribution is 5.46. The molecule has 0 aromatic heterocycles. The Hall–Kier alpha value is -1.80. The maximum Gasteiger partial charge on any atom is 0.0366 e. The molecule has 2 aromatic rings. The van der Waals surface area contributed by atoms with Crippen LogP contribution in [-0.4, -0.2) is 19.1 Å². The fourth-order valence-electron chi connectivity index (χ4n) is 2.97. The predicted octanol–water partition coefficient (Wildman–Crippen LogP) is 3.23. The van der Waals surface area contributed by atoms with Crippen molar-refractivity contribution in [3.05, 3.63) is 65.7 Å². The Kier molecular flexibility index (Phi) is 4.03. The van der Waals surface area contributed by atoms with Gasteiger partial charge in [-0.15, -0.1) is 0 Å². The summed E-state index contributed by atoms with van der Waals surface area (Å²) >= 11 is 0. The Morgan fingerprint density at radius 3 is 2.45 bits per heavy atom. The number of benzene rings is 2. The molecule has 1 heterocycles. The van der Waals surface area contributed by atoms with Crippen molar-refractivity contribution in [3.63, 3.8) is 0 Å². The van der Waals surface area contributed by atoms with Gasteiger partial charge in [-0.25, -0.2) is 0 Å². The van der Waals surface area contributed by atoms with Crippen LogP contribution in [0.1, 0.15) is 18.1 Å². The third-order valence-electron chi connectivity index (χ3n) is 4.11. The van der Waals surface area contributed by atoms with Gasteiger partial charge in [0.25, 0.3) is 0 Å². The van der Waals surface area contributed by atoms with Gasteiger partial charge in [0.15, 0.2) is 0 Å². The summed E-state index contributed by atoms with van der Waals surface area (Å²) in [4.78, 5) is 2.45. The molecule has 0 aliphatic carbocycles. The van der Waals surface area contributed by atoms with Crippen LogP contribution in [0.2, 0.25) is 0 Å². The summed E-state index contributed by atoms with van der Waals surface area (Å²) in [6.45, 7) is 5.33. The number of nitrogens with one attached hydrogen (secondary N) is 1. The van der Waals surface area contributed by atoms with E-state index in [0.717, 1.165) is 26.1 Å².